The zero-order valence-corrected chi connectivity index (χ0v) is 19.6. The van der Waals surface area contributed by atoms with Crippen LogP contribution in [-0.4, -0.2) is 67.0 Å². The van der Waals surface area contributed by atoms with E-state index in [9.17, 15) is 19.5 Å². The van der Waals surface area contributed by atoms with Crippen LogP contribution in [-0.2, 0) is 25.8 Å². The van der Waals surface area contributed by atoms with Crippen LogP contribution in [0.25, 0.3) is 0 Å². The van der Waals surface area contributed by atoms with E-state index in [2.05, 4.69) is 31.7 Å². The van der Waals surface area contributed by atoms with Gasteiger partial charge in [0.05, 0.1) is 12.5 Å². The summed E-state index contributed by atoms with van der Waals surface area (Å²) < 4.78 is 5.22. The Morgan fingerprint density at radius 2 is 2.00 bits per heavy atom. The number of hydrogen-bond acceptors (Lipinski definition) is 9. The third kappa shape index (κ3) is 8.91. The van der Waals surface area contributed by atoms with Gasteiger partial charge in [-0.2, -0.15) is 0 Å². The zero-order valence-electron chi connectivity index (χ0n) is 19.6. The number of benzene rings is 1. The van der Waals surface area contributed by atoms with Crippen molar-refractivity contribution in [1.82, 2.24) is 26.7 Å². The number of alkyl carbamates (subject to hydrolysis) is 1. The van der Waals surface area contributed by atoms with Gasteiger partial charge in [0.1, 0.15) is 6.61 Å². The second-order valence-electron chi connectivity index (χ2n) is 8.46. The smallest absolute Gasteiger partial charge is 0.409 e. The number of hydroxylamine groups is 1. The molecule has 1 aromatic carbocycles. The summed E-state index contributed by atoms with van der Waals surface area (Å²) in [6.07, 6.45) is 2.86. The lowest BCUT2D eigenvalue weighted by atomic mass is 10.0. The Morgan fingerprint density at radius 3 is 2.69 bits per heavy atom. The number of rotatable bonds is 13. The van der Waals surface area contributed by atoms with Crippen molar-refractivity contribution in [3.63, 3.8) is 0 Å². The van der Waals surface area contributed by atoms with Crippen LogP contribution in [0.3, 0.4) is 0 Å². The maximum absolute atomic E-state index is 12.7. The SMILES string of the molecule is O=C(CC1CCNO1)NC(CCCCNC1N=CCCN1)(NC(=O)OCc1ccccc1)C(=O)O. The fourth-order valence-corrected chi connectivity index (χ4v) is 3.79. The highest BCUT2D eigenvalue weighted by Gasteiger charge is 2.42. The largest absolute Gasteiger partial charge is 0.478 e. The molecule has 6 N–H and O–H groups in total. The second-order valence-corrected chi connectivity index (χ2v) is 8.46. The molecule has 1 fully saturated rings. The molecule has 0 aromatic heterocycles. The Hall–Kier alpha value is -3.06. The van der Waals surface area contributed by atoms with Gasteiger partial charge >= 0.3 is 12.1 Å². The molecule has 0 spiro atoms. The van der Waals surface area contributed by atoms with Gasteiger partial charge in [0.2, 0.25) is 11.6 Å². The number of nitrogens with one attached hydrogen (secondary N) is 5. The van der Waals surface area contributed by atoms with Crippen molar-refractivity contribution in [2.24, 2.45) is 4.99 Å². The molecule has 0 bridgehead atoms. The van der Waals surface area contributed by atoms with E-state index < -0.39 is 23.6 Å². The average molecular weight is 491 g/mol. The molecule has 2 aliphatic rings. The molecule has 1 saturated heterocycles. The van der Waals surface area contributed by atoms with E-state index in [0.29, 0.717) is 32.4 Å². The molecule has 3 unspecified atom stereocenters. The van der Waals surface area contributed by atoms with Crippen molar-refractivity contribution in [1.29, 1.82) is 0 Å². The van der Waals surface area contributed by atoms with Gasteiger partial charge in [0, 0.05) is 25.7 Å². The standard InChI is InChI=1S/C23H34N6O6/c30-19(15-18-9-14-27-35-18)28-23(20(31)32,10-4-5-11-24-21-25-12-6-13-26-21)29-22(33)34-16-17-7-2-1-3-8-17/h1-3,7-8,12,18,21,24,26-27H,4-6,9-11,13-16H2,(H,28,30)(H,29,33)(H,31,32). The number of nitrogens with zero attached hydrogens (tertiary/aromatic N) is 1. The molecular formula is C23H34N6O6. The van der Waals surface area contributed by atoms with Crippen LogP contribution in [0.2, 0.25) is 0 Å². The van der Waals surface area contributed by atoms with Crippen LogP contribution in [0.1, 0.15) is 44.1 Å². The lowest BCUT2D eigenvalue weighted by Gasteiger charge is -2.31. The summed E-state index contributed by atoms with van der Waals surface area (Å²) in [4.78, 5) is 47.1. The molecular weight excluding hydrogens is 456 g/mol. The van der Waals surface area contributed by atoms with Crippen molar-refractivity contribution >= 4 is 24.2 Å². The first kappa shape index (κ1) is 26.5. The van der Waals surface area contributed by atoms with Crippen molar-refractivity contribution in [3.05, 3.63) is 35.9 Å². The number of ether oxygens (including phenoxy) is 1. The molecule has 12 nitrogen and oxygen atoms in total. The van der Waals surface area contributed by atoms with Crippen LogP contribution in [0.4, 0.5) is 4.79 Å². The van der Waals surface area contributed by atoms with E-state index in [1.807, 2.05) is 12.3 Å². The summed E-state index contributed by atoms with van der Waals surface area (Å²) in [5.74, 6) is -1.91. The first-order valence-electron chi connectivity index (χ1n) is 11.9. The lowest BCUT2D eigenvalue weighted by molar-refractivity contribution is -0.150. The quantitative estimate of drug-likeness (QED) is 0.172. The van der Waals surface area contributed by atoms with Crippen LogP contribution in [0, 0.1) is 0 Å². The summed E-state index contributed by atoms with van der Waals surface area (Å²) >= 11 is 0. The van der Waals surface area contributed by atoms with Crippen molar-refractivity contribution in [2.45, 2.75) is 63.2 Å². The molecule has 12 heteroatoms. The molecule has 2 amide bonds. The molecule has 192 valence electrons. The molecule has 0 aliphatic carbocycles. The highest BCUT2D eigenvalue weighted by Crippen LogP contribution is 2.16. The molecule has 35 heavy (non-hydrogen) atoms. The number of amides is 2. The van der Waals surface area contributed by atoms with E-state index >= 15 is 0 Å². The van der Waals surface area contributed by atoms with E-state index in [1.165, 1.54) is 0 Å². The number of hydrogen-bond donors (Lipinski definition) is 6. The highest BCUT2D eigenvalue weighted by molar-refractivity contribution is 5.89. The predicted molar refractivity (Wildman–Crippen MR) is 127 cm³/mol. The number of carboxylic acids is 1. The van der Waals surface area contributed by atoms with E-state index in [1.54, 1.807) is 24.3 Å². The Balaban J connectivity index is 1.58. The third-order valence-electron chi connectivity index (χ3n) is 5.66. The lowest BCUT2D eigenvalue weighted by Crippen LogP contribution is -2.65. The Kier molecular flexibility index (Phi) is 10.4. The molecule has 2 aliphatic heterocycles. The van der Waals surface area contributed by atoms with E-state index in [4.69, 9.17) is 9.57 Å². The monoisotopic (exact) mass is 490 g/mol. The average Bonchev–Trinajstić information content (AvgIpc) is 3.36. The second kappa shape index (κ2) is 13.7. The van der Waals surface area contributed by atoms with Crippen LogP contribution in [0.15, 0.2) is 35.3 Å². The molecule has 3 rings (SSSR count). The van der Waals surface area contributed by atoms with Gasteiger partial charge in [-0.25, -0.2) is 15.1 Å². The van der Waals surface area contributed by atoms with Crippen molar-refractivity contribution < 1.29 is 29.1 Å². The fraction of sp³-hybridized carbons (Fsp3) is 0.565. The minimum atomic E-state index is -2.02. The highest BCUT2D eigenvalue weighted by atomic mass is 16.7. The number of carbonyl (C=O) groups excluding carboxylic acids is 2. The van der Waals surface area contributed by atoms with Gasteiger partial charge in [-0.1, -0.05) is 30.3 Å². The summed E-state index contributed by atoms with van der Waals surface area (Å²) in [6.45, 7) is 2.00. The van der Waals surface area contributed by atoms with Crippen LogP contribution in [0.5, 0.6) is 0 Å². The van der Waals surface area contributed by atoms with E-state index in [0.717, 1.165) is 18.5 Å². The topological polar surface area (TPSA) is 162 Å². The van der Waals surface area contributed by atoms with Crippen LogP contribution < -0.4 is 26.7 Å². The Bertz CT molecular complexity index is 863. The first-order valence-corrected chi connectivity index (χ1v) is 11.9. The minimum absolute atomic E-state index is 0.0265. The number of carbonyl (C=O) groups is 3. The number of aliphatic imine (C=N–C) groups is 1. The molecule has 0 radical (unpaired) electrons. The van der Waals surface area contributed by atoms with Crippen LogP contribution >= 0.6 is 0 Å². The van der Waals surface area contributed by atoms with Gasteiger partial charge in [-0.3, -0.25) is 30.6 Å². The van der Waals surface area contributed by atoms with Crippen molar-refractivity contribution in [2.75, 3.05) is 19.6 Å². The minimum Gasteiger partial charge on any atom is -0.478 e. The molecule has 0 saturated carbocycles. The maximum atomic E-state index is 12.7. The first-order chi connectivity index (χ1) is 17.0. The van der Waals surface area contributed by atoms with Gasteiger partial charge in [0.15, 0.2) is 6.29 Å². The summed E-state index contributed by atoms with van der Waals surface area (Å²) in [5, 5.41) is 21.4. The summed E-state index contributed by atoms with van der Waals surface area (Å²) in [5.41, 5.74) is 1.43. The Labute approximate surface area is 204 Å². The van der Waals surface area contributed by atoms with E-state index in [-0.39, 0.29) is 31.8 Å². The van der Waals surface area contributed by atoms with Gasteiger partial charge in [-0.15, -0.1) is 0 Å². The van der Waals surface area contributed by atoms with Gasteiger partial charge in [0.25, 0.3) is 0 Å². The molecule has 1 aromatic rings. The number of aliphatic carboxylic acids is 1. The van der Waals surface area contributed by atoms with Crippen molar-refractivity contribution in [3.8, 4) is 0 Å². The molecule has 2 heterocycles. The summed E-state index contributed by atoms with van der Waals surface area (Å²) in [6, 6.07) is 9.02. The van der Waals surface area contributed by atoms with Gasteiger partial charge in [-0.05, 0) is 37.8 Å². The van der Waals surface area contributed by atoms with Gasteiger partial charge < -0.3 is 15.2 Å². The summed E-state index contributed by atoms with van der Waals surface area (Å²) in [7, 11) is 0. The zero-order chi connectivity index (χ0) is 24.9. The third-order valence-corrected chi connectivity index (χ3v) is 5.66. The number of carboxylic acid groups (broad SMARTS) is 1. The maximum Gasteiger partial charge on any atom is 0.409 e. The fourth-order valence-electron chi connectivity index (χ4n) is 3.79. The Morgan fingerprint density at radius 1 is 1.17 bits per heavy atom. The number of unbranched alkanes of at least 4 members (excludes halogenated alkanes) is 1. The molecule has 3 atom stereocenters. The predicted octanol–water partition coefficient (Wildman–Crippen LogP) is 0.601. The normalized spacial score (nSPS) is 21.1.